The van der Waals surface area contributed by atoms with Crippen molar-refractivity contribution in [3.8, 4) is 0 Å². The highest BCUT2D eigenvalue weighted by Crippen LogP contribution is 2.10. The highest BCUT2D eigenvalue weighted by molar-refractivity contribution is 5.05. The van der Waals surface area contributed by atoms with Crippen LogP contribution in [0.5, 0.6) is 0 Å². The van der Waals surface area contributed by atoms with Crippen molar-refractivity contribution in [3.63, 3.8) is 0 Å². The molecule has 1 N–H and O–H groups in total. The summed E-state index contributed by atoms with van der Waals surface area (Å²) in [7, 11) is 0. The number of hydrogen-bond acceptors (Lipinski definition) is 4. The van der Waals surface area contributed by atoms with Gasteiger partial charge in [0.05, 0.1) is 36.3 Å². The molecule has 0 aliphatic rings. The molecule has 90 valence electrons. The van der Waals surface area contributed by atoms with Gasteiger partial charge in [-0.2, -0.15) is 0 Å². The fourth-order valence-corrected chi connectivity index (χ4v) is 1.37. The summed E-state index contributed by atoms with van der Waals surface area (Å²) in [6, 6.07) is 0.125. The lowest BCUT2D eigenvalue weighted by Crippen LogP contribution is -2.27. The van der Waals surface area contributed by atoms with E-state index in [4.69, 9.17) is 4.74 Å². The molecular formula is C12H21N3O. The van der Waals surface area contributed by atoms with Gasteiger partial charge in [-0.3, -0.25) is 9.97 Å². The predicted octanol–water partition coefficient (Wildman–Crippen LogP) is 1.86. The van der Waals surface area contributed by atoms with Crippen molar-refractivity contribution in [1.82, 2.24) is 15.3 Å². The predicted molar refractivity (Wildman–Crippen MR) is 64.3 cm³/mol. The van der Waals surface area contributed by atoms with Crippen molar-refractivity contribution in [2.24, 2.45) is 0 Å². The van der Waals surface area contributed by atoms with E-state index in [-0.39, 0.29) is 12.1 Å². The number of nitrogens with one attached hydrogen (secondary N) is 1. The molecule has 1 rings (SSSR count). The summed E-state index contributed by atoms with van der Waals surface area (Å²) in [5.41, 5.74) is 1.87. The molecule has 0 aliphatic heterocycles. The molecule has 0 aliphatic carbocycles. The van der Waals surface area contributed by atoms with Gasteiger partial charge in [0.2, 0.25) is 0 Å². The highest BCUT2D eigenvalue weighted by Gasteiger charge is 2.12. The fourth-order valence-electron chi connectivity index (χ4n) is 1.37. The summed E-state index contributed by atoms with van der Waals surface area (Å²) in [6.45, 7) is 9.59. The quantitative estimate of drug-likeness (QED) is 0.799. The summed E-state index contributed by atoms with van der Waals surface area (Å²) in [5.74, 6) is 0. The summed E-state index contributed by atoms with van der Waals surface area (Å²) in [5, 5.41) is 3.35. The SMILES string of the molecule is CCNC(COC(C)C)c1cnc(C)cn1. The number of aromatic nitrogens is 2. The van der Waals surface area contributed by atoms with Crippen molar-refractivity contribution in [3.05, 3.63) is 23.8 Å². The molecule has 1 unspecified atom stereocenters. The van der Waals surface area contributed by atoms with Crippen molar-refractivity contribution in [2.75, 3.05) is 13.2 Å². The first-order valence-electron chi connectivity index (χ1n) is 5.77. The Morgan fingerprint density at radius 2 is 2.06 bits per heavy atom. The Bertz CT molecular complexity index is 298. The molecule has 0 fully saturated rings. The normalized spacial score (nSPS) is 13.1. The van der Waals surface area contributed by atoms with E-state index >= 15 is 0 Å². The second-order valence-electron chi connectivity index (χ2n) is 4.07. The van der Waals surface area contributed by atoms with Gasteiger partial charge in [0.15, 0.2) is 0 Å². The van der Waals surface area contributed by atoms with Gasteiger partial charge >= 0.3 is 0 Å². The van der Waals surface area contributed by atoms with Crippen LogP contribution in [-0.2, 0) is 4.74 Å². The molecular weight excluding hydrogens is 202 g/mol. The molecule has 0 amide bonds. The molecule has 4 nitrogen and oxygen atoms in total. The second kappa shape index (κ2) is 6.55. The van der Waals surface area contributed by atoms with E-state index < -0.39 is 0 Å². The maximum atomic E-state index is 5.61. The number of likely N-dealkylation sites (N-methyl/N-ethyl adjacent to an activating group) is 1. The van der Waals surface area contributed by atoms with Crippen molar-refractivity contribution in [2.45, 2.75) is 39.8 Å². The lowest BCUT2D eigenvalue weighted by atomic mass is 10.2. The Morgan fingerprint density at radius 1 is 1.31 bits per heavy atom. The average molecular weight is 223 g/mol. The van der Waals surface area contributed by atoms with Gasteiger partial charge in [-0.15, -0.1) is 0 Å². The van der Waals surface area contributed by atoms with Crippen LogP contribution in [0.3, 0.4) is 0 Å². The third-order valence-corrected chi connectivity index (χ3v) is 2.20. The van der Waals surface area contributed by atoms with Crippen LogP contribution < -0.4 is 5.32 Å². The van der Waals surface area contributed by atoms with Gasteiger partial charge in [-0.05, 0) is 27.3 Å². The Kier molecular flexibility index (Phi) is 5.35. The maximum Gasteiger partial charge on any atom is 0.0779 e. The molecule has 0 bridgehead atoms. The van der Waals surface area contributed by atoms with Crippen LogP contribution in [0.1, 0.15) is 38.2 Å². The minimum atomic E-state index is 0.125. The minimum Gasteiger partial charge on any atom is -0.377 e. The monoisotopic (exact) mass is 223 g/mol. The van der Waals surface area contributed by atoms with E-state index in [1.165, 1.54) is 0 Å². The molecule has 1 atom stereocenters. The second-order valence-corrected chi connectivity index (χ2v) is 4.07. The zero-order chi connectivity index (χ0) is 12.0. The summed E-state index contributed by atoms with van der Waals surface area (Å²) in [4.78, 5) is 8.62. The Hall–Kier alpha value is -1.00. The molecule has 0 spiro atoms. The largest absolute Gasteiger partial charge is 0.377 e. The van der Waals surface area contributed by atoms with Crippen molar-refractivity contribution >= 4 is 0 Å². The average Bonchev–Trinajstić information content (AvgIpc) is 2.25. The lowest BCUT2D eigenvalue weighted by Gasteiger charge is -2.18. The van der Waals surface area contributed by atoms with Gasteiger partial charge in [-0.25, -0.2) is 0 Å². The van der Waals surface area contributed by atoms with Crippen molar-refractivity contribution < 1.29 is 4.74 Å². The number of nitrogens with zero attached hydrogens (tertiary/aromatic N) is 2. The summed E-state index contributed by atoms with van der Waals surface area (Å²) < 4.78 is 5.61. The number of hydrogen-bond donors (Lipinski definition) is 1. The zero-order valence-electron chi connectivity index (χ0n) is 10.5. The fraction of sp³-hybridized carbons (Fsp3) is 0.667. The van der Waals surface area contributed by atoms with Crippen LogP contribution in [0.25, 0.3) is 0 Å². The Labute approximate surface area is 97.5 Å². The molecule has 4 heteroatoms. The topological polar surface area (TPSA) is 47.0 Å². The van der Waals surface area contributed by atoms with Gasteiger partial charge in [0.1, 0.15) is 0 Å². The third-order valence-electron chi connectivity index (χ3n) is 2.20. The Morgan fingerprint density at radius 3 is 2.56 bits per heavy atom. The van der Waals surface area contributed by atoms with Crippen LogP contribution in [0.15, 0.2) is 12.4 Å². The third kappa shape index (κ3) is 4.24. The van der Waals surface area contributed by atoms with Crippen LogP contribution in [0.2, 0.25) is 0 Å². The van der Waals surface area contributed by atoms with Crippen molar-refractivity contribution in [1.29, 1.82) is 0 Å². The highest BCUT2D eigenvalue weighted by atomic mass is 16.5. The number of rotatable bonds is 6. The molecule has 16 heavy (non-hydrogen) atoms. The Balaban J connectivity index is 2.64. The van der Waals surface area contributed by atoms with Crippen LogP contribution in [0, 0.1) is 6.92 Å². The van der Waals surface area contributed by atoms with Gasteiger partial charge in [-0.1, -0.05) is 6.92 Å². The molecule has 1 aromatic heterocycles. The molecule has 0 aromatic carbocycles. The molecule has 1 heterocycles. The van der Waals surface area contributed by atoms with E-state index in [0.717, 1.165) is 17.9 Å². The van der Waals surface area contributed by atoms with Crippen LogP contribution >= 0.6 is 0 Å². The first-order chi connectivity index (χ1) is 7.63. The number of ether oxygens (including phenoxy) is 1. The smallest absolute Gasteiger partial charge is 0.0779 e. The summed E-state index contributed by atoms with van der Waals surface area (Å²) >= 11 is 0. The van der Waals surface area contributed by atoms with Crippen LogP contribution in [-0.4, -0.2) is 29.2 Å². The van der Waals surface area contributed by atoms with Crippen LogP contribution in [0.4, 0.5) is 0 Å². The standard InChI is InChI=1S/C12H21N3O/c1-5-13-12(8-16-9(2)3)11-7-14-10(4)6-15-11/h6-7,9,12-13H,5,8H2,1-4H3. The lowest BCUT2D eigenvalue weighted by molar-refractivity contribution is 0.0605. The van der Waals surface area contributed by atoms with E-state index in [9.17, 15) is 0 Å². The molecule has 0 saturated heterocycles. The summed E-state index contributed by atoms with van der Waals surface area (Å²) in [6.07, 6.45) is 3.83. The van der Waals surface area contributed by atoms with E-state index in [1.54, 1.807) is 6.20 Å². The first kappa shape index (κ1) is 13.1. The van der Waals surface area contributed by atoms with E-state index in [1.807, 2.05) is 27.0 Å². The van der Waals surface area contributed by atoms with Gasteiger partial charge < -0.3 is 10.1 Å². The molecule has 0 radical (unpaired) electrons. The first-order valence-corrected chi connectivity index (χ1v) is 5.77. The molecule has 0 saturated carbocycles. The zero-order valence-corrected chi connectivity index (χ0v) is 10.5. The van der Waals surface area contributed by atoms with E-state index in [2.05, 4.69) is 22.2 Å². The van der Waals surface area contributed by atoms with E-state index in [0.29, 0.717) is 6.61 Å². The van der Waals surface area contributed by atoms with Gasteiger partial charge in [0, 0.05) is 6.20 Å². The molecule has 1 aromatic rings. The minimum absolute atomic E-state index is 0.125. The van der Waals surface area contributed by atoms with Gasteiger partial charge in [0.25, 0.3) is 0 Å². The maximum absolute atomic E-state index is 5.61. The number of aryl methyl sites for hydroxylation is 1.